The van der Waals surface area contributed by atoms with E-state index in [9.17, 15) is 0 Å². The second kappa shape index (κ2) is 5.45. The van der Waals surface area contributed by atoms with Gasteiger partial charge < -0.3 is 10.2 Å². The van der Waals surface area contributed by atoms with Crippen LogP contribution in [0, 0.1) is 0 Å². The monoisotopic (exact) mass is 144 g/mol. The third kappa shape index (κ3) is 3.64. The van der Waals surface area contributed by atoms with Crippen molar-refractivity contribution < 1.29 is 10.2 Å². The molecule has 0 saturated carbocycles. The lowest BCUT2D eigenvalue weighted by atomic mass is 10.1. The highest BCUT2D eigenvalue weighted by atomic mass is 16.3. The first-order valence-electron chi connectivity index (χ1n) is 3.59. The largest absolute Gasteiger partial charge is 0.396 e. The van der Waals surface area contributed by atoms with Crippen LogP contribution in [0.25, 0.3) is 0 Å². The zero-order chi connectivity index (χ0) is 7.98. The predicted molar refractivity (Wildman–Crippen MR) is 41.8 cm³/mol. The van der Waals surface area contributed by atoms with Gasteiger partial charge in [0.25, 0.3) is 0 Å². The normalized spacial score (nSPS) is 13.2. The maximum Gasteiger partial charge on any atom is 0.0468 e. The molecule has 0 spiro atoms. The molecule has 0 aliphatic heterocycles. The molecule has 0 bridgehead atoms. The lowest BCUT2D eigenvalue weighted by Crippen LogP contribution is -1.91. The Bertz CT molecular complexity index is 102. The molecular weight excluding hydrogens is 128 g/mol. The van der Waals surface area contributed by atoms with Gasteiger partial charge in [0, 0.05) is 13.2 Å². The molecule has 0 atom stereocenters. The van der Waals surface area contributed by atoms with Crippen molar-refractivity contribution in [1.82, 2.24) is 0 Å². The minimum absolute atomic E-state index is 0.203. The van der Waals surface area contributed by atoms with Gasteiger partial charge in [-0.25, -0.2) is 0 Å². The molecule has 2 N–H and O–H groups in total. The van der Waals surface area contributed by atoms with Crippen LogP contribution in [0.3, 0.4) is 0 Å². The van der Waals surface area contributed by atoms with Crippen LogP contribution in [0.2, 0.25) is 0 Å². The van der Waals surface area contributed by atoms with E-state index in [1.165, 1.54) is 11.1 Å². The predicted octanol–water partition coefficient (Wildman–Crippen LogP) is 1.09. The van der Waals surface area contributed by atoms with E-state index in [1.807, 2.05) is 13.8 Å². The van der Waals surface area contributed by atoms with Crippen molar-refractivity contribution >= 4 is 0 Å². The van der Waals surface area contributed by atoms with Gasteiger partial charge in [0.2, 0.25) is 0 Å². The minimum atomic E-state index is 0.203. The van der Waals surface area contributed by atoms with Crippen LogP contribution in [0.5, 0.6) is 0 Å². The van der Waals surface area contributed by atoms with E-state index >= 15 is 0 Å². The number of aliphatic hydroxyl groups excluding tert-OH is 2. The van der Waals surface area contributed by atoms with Crippen LogP contribution in [0.1, 0.15) is 26.7 Å². The lowest BCUT2D eigenvalue weighted by Gasteiger charge is -2.03. The summed E-state index contributed by atoms with van der Waals surface area (Å²) in [5.41, 5.74) is 2.38. The van der Waals surface area contributed by atoms with Crippen molar-refractivity contribution in [1.29, 1.82) is 0 Å². The molecule has 0 aromatic carbocycles. The van der Waals surface area contributed by atoms with E-state index in [0.717, 1.165) is 12.8 Å². The third-order valence-corrected chi connectivity index (χ3v) is 1.70. The fourth-order valence-corrected chi connectivity index (χ4v) is 0.762. The van der Waals surface area contributed by atoms with Gasteiger partial charge in [0.1, 0.15) is 0 Å². The summed E-state index contributed by atoms with van der Waals surface area (Å²) < 4.78 is 0. The Kier molecular flexibility index (Phi) is 5.26. The lowest BCUT2D eigenvalue weighted by molar-refractivity contribution is 0.292. The molecule has 0 saturated heterocycles. The zero-order valence-corrected chi connectivity index (χ0v) is 6.72. The van der Waals surface area contributed by atoms with Gasteiger partial charge in [-0.2, -0.15) is 0 Å². The SMILES string of the molecule is CC(CCO)=C(C)CCO. The molecule has 0 amide bonds. The molecule has 2 nitrogen and oxygen atoms in total. The van der Waals surface area contributed by atoms with E-state index in [4.69, 9.17) is 10.2 Å². The van der Waals surface area contributed by atoms with Gasteiger partial charge in [-0.3, -0.25) is 0 Å². The topological polar surface area (TPSA) is 40.5 Å². The highest BCUT2D eigenvalue weighted by Gasteiger charge is 1.94. The first-order valence-corrected chi connectivity index (χ1v) is 3.59. The first-order chi connectivity index (χ1) is 4.72. The Hall–Kier alpha value is -0.340. The number of hydrogen-bond acceptors (Lipinski definition) is 2. The van der Waals surface area contributed by atoms with Gasteiger partial charge in [-0.15, -0.1) is 0 Å². The molecule has 0 rings (SSSR count). The quantitative estimate of drug-likeness (QED) is 0.580. The van der Waals surface area contributed by atoms with E-state index in [1.54, 1.807) is 0 Å². The Morgan fingerprint density at radius 3 is 1.40 bits per heavy atom. The van der Waals surface area contributed by atoms with Crippen molar-refractivity contribution in [2.45, 2.75) is 26.7 Å². The van der Waals surface area contributed by atoms with Crippen LogP contribution in [-0.2, 0) is 0 Å². The summed E-state index contributed by atoms with van der Waals surface area (Å²) in [6, 6.07) is 0. The molecule has 0 aromatic rings. The molecule has 2 heteroatoms. The van der Waals surface area contributed by atoms with Gasteiger partial charge >= 0.3 is 0 Å². The Labute approximate surface area is 62.2 Å². The van der Waals surface area contributed by atoms with E-state index < -0.39 is 0 Å². The number of aliphatic hydroxyl groups is 2. The van der Waals surface area contributed by atoms with Crippen LogP contribution in [0.4, 0.5) is 0 Å². The summed E-state index contributed by atoms with van der Waals surface area (Å²) >= 11 is 0. The summed E-state index contributed by atoms with van der Waals surface area (Å²) in [5.74, 6) is 0. The second-order valence-corrected chi connectivity index (χ2v) is 2.51. The van der Waals surface area contributed by atoms with E-state index in [2.05, 4.69) is 0 Å². The molecule has 60 valence electrons. The molecule has 0 fully saturated rings. The van der Waals surface area contributed by atoms with Gasteiger partial charge in [-0.1, -0.05) is 11.1 Å². The van der Waals surface area contributed by atoms with Crippen LogP contribution >= 0.6 is 0 Å². The van der Waals surface area contributed by atoms with E-state index in [-0.39, 0.29) is 13.2 Å². The van der Waals surface area contributed by atoms with Crippen molar-refractivity contribution in [2.75, 3.05) is 13.2 Å². The van der Waals surface area contributed by atoms with Crippen molar-refractivity contribution in [3.8, 4) is 0 Å². The molecule has 0 radical (unpaired) electrons. The smallest absolute Gasteiger partial charge is 0.0468 e. The van der Waals surface area contributed by atoms with Crippen LogP contribution in [-0.4, -0.2) is 23.4 Å². The van der Waals surface area contributed by atoms with Gasteiger partial charge in [-0.05, 0) is 26.7 Å². The first kappa shape index (κ1) is 9.66. The highest BCUT2D eigenvalue weighted by Crippen LogP contribution is 2.09. The Morgan fingerprint density at radius 1 is 0.900 bits per heavy atom. The summed E-state index contributed by atoms with van der Waals surface area (Å²) in [5, 5.41) is 17.1. The van der Waals surface area contributed by atoms with Crippen LogP contribution in [0.15, 0.2) is 11.1 Å². The molecule has 0 heterocycles. The molecule has 0 aliphatic carbocycles. The fourth-order valence-electron chi connectivity index (χ4n) is 0.762. The van der Waals surface area contributed by atoms with Gasteiger partial charge in [0.15, 0.2) is 0 Å². The molecular formula is C8H16O2. The average molecular weight is 144 g/mol. The average Bonchev–Trinajstić information content (AvgIpc) is 1.89. The Morgan fingerprint density at radius 2 is 1.20 bits per heavy atom. The van der Waals surface area contributed by atoms with Crippen molar-refractivity contribution in [3.63, 3.8) is 0 Å². The van der Waals surface area contributed by atoms with E-state index in [0.29, 0.717) is 0 Å². The maximum atomic E-state index is 8.56. The molecule has 10 heavy (non-hydrogen) atoms. The third-order valence-electron chi connectivity index (χ3n) is 1.70. The summed E-state index contributed by atoms with van der Waals surface area (Å²) in [4.78, 5) is 0. The second-order valence-electron chi connectivity index (χ2n) is 2.51. The molecule has 0 aliphatic rings. The van der Waals surface area contributed by atoms with Crippen molar-refractivity contribution in [2.24, 2.45) is 0 Å². The summed E-state index contributed by atoms with van der Waals surface area (Å²) in [7, 11) is 0. The van der Waals surface area contributed by atoms with Gasteiger partial charge in [0.05, 0.1) is 0 Å². The summed E-state index contributed by atoms with van der Waals surface area (Å²) in [6.07, 6.45) is 1.46. The standard InChI is InChI=1S/C8H16O2/c1-7(3-5-9)8(2)4-6-10/h9-10H,3-6H2,1-2H3. The van der Waals surface area contributed by atoms with Crippen molar-refractivity contribution in [3.05, 3.63) is 11.1 Å². The number of hydrogen-bond donors (Lipinski definition) is 2. The Balaban J connectivity index is 3.79. The fraction of sp³-hybridized carbons (Fsp3) is 0.750. The molecule has 0 unspecified atom stereocenters. The number of rotatable bonds is 4. The summed E-state index contributed by atoms with van der Waals surface area (Å²) in [6.45, 7) is 4.38. The maximum absolute atomic E-state index is 8.56. The highest BCUT2D eigenvalue weighted by molar-refractivity contribution is 5.09. The minimum Gasteiger partial charge on any atom is -0.396 e. The van der Waals surface area contributed by atoms with Crippen LogP contribution < -0.4 is 0 Å². The molecule has 0 aromatic heterocycles. The zero-order valence-electron chi connectivity index (χ0n) is 6.72.